The smallest absolute Gasteiger partial charge is 0.405 e. The van der Waals surface area contributed by atoms with Gasteiger partial charge in [-0.05, 0) is 38.2 Å². The van der Waals surface area contributed by atoms with Crippen LogP contribution < -0.4 is 16.8 Å². The highest BCUT2D eigenvalue weighted by Crippen LogP contribution is 2.27. The summed E-state index contributed by atoms with van der Waals surface area (Å²) in [7, 11) is 2.82. The van der Waals surface area contributed by atoms with Crippen LogP contribution in [0.25, 0.3) is 0 Å². The number of amides is 2. The number of nitrogens with one attached hydrogen (secondary N) is 1. The van der Waals surface area contributed by atoms with Gasteiger partial charge >= 0.3 is 6.09 Å². The average molecular weight is 544 g/mol. The number of fused-ring (bicyclic) bond motifs is 2. The second-order valence-electron chi connectivity index (χ2n) is 9.76. The first-order chi connectivity index (χ1) is 18.3. The fourth-order valence-electron chi connectivity index (χ4n) is 4.45. The van der Waals surface area contributed by atoms with Crippen LogP contribution in [0, 0.1) is 11.8 Å². The Morgan fingerprint density at radius 3 is 2.33 bits per heavy atom. The first-order valence-corrected chi connectivity index (χ1v) is 12.5. The monoisotopic (exact) mass is 543 g/mol. The SMILES string of the molecule is CO[C@H]1C[C@H](C)CC2=C(N)C(=O)C=C(NC(=O)/C(C)=C/C=C\[C@H](OC)C(OC(N)=O)/C(C)=C/[C@H](C)C1=O)C2=O. The molecule has 1 unspecified atom stereocenters. The van der Waals surface area contributed by atoms with E-state index in [1.165, 1.54) is 33.3 Å². The van der Waals surface area contributed by atoms with Gasteiger partial charge in [-0.15, -0.1) is 0 Å². The van der Waals surface area contributed by atoms with Gasteiger partial charge in [0.25, 0.3) is 5.91 Å². The van der Waals surface area contributed by atoms with Gasteiger partial charge in [0, 0.05) is 37.4 Å². The van der Waals surface area contributed by atoms with Crippen LogP contribution in [0.3, 0.4) is 0 Å². The van der Waals surface area contributed by atoms with Gasteiger partial charge in [0.2, 0.25) is 11.6 Å². The van der Waals surface area contributed by atoms with Gasteiger partial charge in [0.15, 0.2) is 11.9 Å². The molecule has 0 fully saturated rings. The van der Waals surface area contributed by atoms with Crippen molar-refractivity contribution >= 4 is 29.4 Å². The van der Waals surface area contributed by atoms with Crippen molar-refractivity contribution in [2.24, 2.45) is 23.3 Å². The minimum atomic E-state index is -1.03. The molecule has 2 aliphatic rings. The molecule has 1 aliphatic heterocycles. The minimum Gasteiger partial charge on any atom is -0.439 e. The number of allylic oxidation sites excluding steroid dienone is 5. The Balaban J connectivity index is 2.58. The molecule has 0 saturated heterocycles. The largest absolute Gasteiger partial charge is 0.439 e. The van der Waals surface area contributed by atoms with Crippen molar-refractivity contribution in [3.63, 3.8) is 0 Å². The number of Topliss-reactive ketones (excluding diaryl/α,β-unsaturated/α-hetero) is 2. The van der Waals surface area contributed by atoms with E-state index in [0.717, 1.165) is 6.08 Å². The molecule has 0 aromatic carbocycles. The molecule has 39 heavy (non-hydrogen) atoms. The Morgan fingerprint density at radius 1 is 1.08 bits per heavy atom. The number of ketones is 3. The number of hydrogen-bond acceptors (Lipinski definition) is 9. The molecule has 2 bridgehead atoms. The maximum Gasteiger partial charge on any atom is 0.405 e. The molecule has 1 heterocycles. The zero-order valence-electron chi connectivity index (χ0n) is 23.1. The molecule has 0 aromatic rings. The van der Waals surface area contributed by atoms with E-state index in [0.29, 0.717) is 5.57 Å². The van der Waals surface area contributed by atoms with Crippen molar-refractivity contribution in [1.29, 1.82) is 0 Å². The lowest BCUT2D eigenvalue weighted by Gasteiger charge is -2.26. The van der Waals surface area contributed by atoms with Gasteiger partial charge in [0.1, 0.15) is 12.2 Å². The summed E-state index contributed by atoms with van der Waals surface area (Å²) >= 11 is 0. The van der Waals surface area contributed by atoms with Gasteiger partial charge in [-0.3, -0.25) is 19.2 Å². The normalized spacial score (nSPS) is 31.4. The second-order valence-corrected chi connectivity index (χ2v) is 9.76. The van der Waals surface area contributed by atoms with Crippen LogP contribution >= 0.6 is 0 Å². The molecule has 0 saturated carbocycles. The summed E-state index contributed by atoms with van der Waals surface area (Å²) < 4.78 is 16.3. The molecule has 0 radical (unpaired) electrons. The van der Waals surface area contributed by atoms with Gasteiger partial charge in [-0.1, -0.05) is 38.2 Å². The lowest BCUT2D eigenvalue weighted by atomic mass is 9.85. The highest BCUT2D eigenvalue weighted by molar-refractivity contribution is 6.23. The zero-order valence-corrected chi connectivity index (χ0v) is 23.1. The summed E-state index contributed by atoms with van der Waals surface area (Å²) in [5.74, 6) is -2.91. The minimum absolute atomic E-state index is 0.0743. The van der Waals surface area contributed by atoms with Crippen molar-refractivity contribution in [2.45, 2.75) is 58.8 Å². The first kappa shape index (κ1) is 31.4. The van der Waals surface area contributed by atoms with Crippen LogP contribution in [-0.4, -0.2) is 61.9 Å². The van der Waals surface area contributed by atoms with Crippen LogP contribution in [0.4, 0.5) is 4.79 Å². The molecule has 0 aromatic heterocycles. The topological polar surface area (TPSA) is 177 Å². The fraction of sp³-hybridized carbons (Fsp3) is 0.464. The number of ether oxygens (including phenoxy) is 3. The summed E-state index contributed by atoms with van der Waals surface area (Å²) in [4.78, 5) is 63.4. The van der Waals surface area contributed by atoms with E-state index in [1.807, 2.05) is 0 Å². The molecule has 5 N–H and O–H groups in total. The van der Waals surface area contributed by atoms with Crippen molar-refractivity contribution in [3.05, 3.63) is 58.5 Å². The van der Waals surface area contributed by atoms with Crippen LogP contribution in [0.5, 0.6) is 0 Å². The van der Waals surface area contributed by atoms with E-state index >= 15 is 0 Å². The van der Waals surface area contributed by atoms with Gasteiger partial charge in [-0.2, -0.15) is 0 Å². The zero-order chi connectivity index (χ0) is 29.4. The number of rotatable bonds is 3. The predicted molar refractivity (Wildman–Crippen MR) is 143 cm³/mol. The average Bonchev–Trinajstić information content (AvgIpc) is 2.88. The molecule has 5 atom stereocenters. The standard InChI is InChI=1S/C28H37N3O8/c1-14-10-18-23(29)20(32)13-19(25(18)34)31-27(35)15(2)8-7-9-21(37-5)26(39-28(30)36)17(4)12-16(3)24(33)22(11-14)38-6/h7-9,12-14,16,21-22,26H,10-11,29H2,1-6H3,(H2,30,36)(H,31,35)/b9-7-,15-8+,17-12+/t14-,16+,21+,22+,26?/m1/s1. The third-order valence-electron chi connectivity index (χ3n) is 6.63. The summed E-state index contributed by atoms with van der Waals surface area (Å²) in [5, 5.41) is 2.48. The molecule has 2 rings (SSSR count). The summed E-state index contributed by atoms with van der Waals surface area (Å²) in [6, 6.07) is 0. The van der Waals surface area contributed by atoms with E-state index in [4.69, 9.17) is 25.7 Å². The van der Waals surface area contributed by atoms with Crippen molar-refractivity contribution < 1.29 is 38.2 Å². The Kier molecular flexibility index (Phi) is 11.1. The summed E-state index contributed by atoms with van der Waals surface area (Å²) in [6.45, 7) is 6.70. The Bertz CT molecular complexity index is 1180. The maximum atomic E-state index is 13.3. The molecule has 11 nitrogen and oxygen atoms in total. The van der Waals surface area contributed by atoms with E-state index in [9.17, 15) is 24.0 Å². The third-order valence-corrected chi connectivity index (χ3v) is 6.63. The Morgan fingerprint density at radius 2 is 1.74 bits per heavy atom. The number of carbonyl (C=O) groups is 5. The third kappa shape index (κ3) is 8.08. The molecular formula is C28H37N3O8. The molecular weight excluding hydrogens is 506 g/mol. The van der Waals surface area contributed by atoms with Crippen LogP contribution in [0.2, 0.25) is 0 Å². The van der Waals surface area contributed by atoms with E-state index in [2.05, 4.69) is 5.32 Å². The predicted octanol–water partition coefficient (Wildman–Crippen LogP) is 1.93. The number of carbonyl (C=O) groups excluding carboxylic acids is 5. The summed E-state index contributed by atoms with van der Waals surface area (Å²) in [6.07, 6.45) is 3.91. The maximum absolute atomic E-state index is 13.3. The number of methoxy groups -OCH3 is 2. The van der Waals surface area contributed by atoms with E-state index < -0.39 is 47.8 Å². The lowest BCUT2D eigenvalue weighted by Crippen LogP contribution is -2.35. The van der Waals surface area contributed by atoms with Gasteiger partial charge < -0.3 is 31.0 Å². The Labute approximate surface area is 228 Å². The molecule has 1 aliphatic carbocycles. The van der Waals surface area contributed by atoms with Crippen molar-refractivity contribution in [3.8, 4) is 0 Å². The van der Waals surface area contributed by atoms with E-state index in [-0.39, 0.29) is 47.1 Å². The van der Waals surface area contributed by atoms with Crippen molar-refractivity contribution in [1.82, 2.24) is 5.32 Å². The number of nitrogens with two attached hydrogens (primary N) is 2. The number of hydrogen-bond donors (Lipinski definition) is 3. The van der Waals surface area contributed by atoms with E-state index in [1.54, 1.807) is 32.9 Å². The van der Waals surface area contributed by atoms with Gasteiger partial charge in [-0.25, -0.2) is 4.79 Å². The van der Waals surface area contributed by atoms with Crippen molar-refractivity contribution in [2.75, 3.05) is 14.2 Å². The van der Waals surface area contributed by atoms with Crippen LogP contribution in [0.1, 0.15) is 40.5 Å². The Hall–Kier alpha value is -3.83. The fourth-order valence-corrected chi connectivity index (χ4v) is 4.45. The van der Waals surface area contributed by atoms with Crippen LogP contribution in [-0.2, 0) is 33.4 Å². The van der Waals surface area contributed by atoms with Gasteiger partial charge in [0.05, 0.1) is 11.4 Å². The molecule has 11 heteroatoms. The number of primary amides is 1. The molecule has 2 amide bonds. The highest BCUT2D eigenvalue weighted by Gasteiger charge is 2.32. The summed E-state index contributed by atoms with van der Waals surface area (Å²) in [5.41, 5.74) is 11.7. The lowest BCUT2D eigenvalue weighted by molar-refractivity contribution is -0.132. The quantitative estimate of drug-likeness (QED) is 0.354. The highest BCUT2D eigenvalue weighted by atomic mass is 16.6. The first-order valence-electron chi connectivity index (χ1n) is 12.5. The van der Waals surface area contributed by atoms with Crippen LogP contribution in [0.15, 0.2) is 58.5 Å². The molecule has 212 valence electrons. The molecule has 0 spiro atoms. The second kappa shape index (κ2) is 13.8.